The van der Waals surface area contributed by atoms with Crippen LogP contribution in [0.3, 0.4) is 0 Å². The molecule has 0 saturated carbocycles. The number of amides is 1. The maximum Gasteiger partial charge on any atom is 0.255 e. The largest absolute Gasteiger partial charge is 0.494 e. The third kappa shape index (κ3) is 7.30. The van der Waals surface area contributed by atoms with E-state index in [0.29, 0.717) is 22.2 Å². The highest BCUT2D eigenvalue weighted by Crippen LogP contribution is 2.21. The van der Waals surface area contributed by atoms with Gasteiger partial charge in [0.25, 0.3) is 5.91 Å². The number of nitrogens with zero attached hydrogens (tertiary/aromatic N) is 2. The van der Waals surface area contributed by atoms with Crippen LogP contribution in [0.5, 0.6) is 5.75 Å². The molecule has 0 bridgehead atoms. The number of carbonyl (C=O) groups is 1. The van der Waals surface area contributed by atoms with Crippen LogP contribution >= 0.6 is 23.2 Å². The summed E-state index contributed by atoms with van der Waals surface area (Å²) in [7, 11) is -4.01. The van der Waals surface area contributed by atoms with Crippen molar-refractivity contribution in [2.24, 2.45) is 5.10 Å². The van der Waals surface area contributed by atoms with Crippen LogP contribution in [0.15, 0.2) is 82.8 Å². The number of rotatable bonds is 10. The van der Waals surface area contributed by atoms with Gasteiger partial charge in [0.15, 0.2) is 0 Å². The molecule has 0 spiro atoms. The van der Waals surface area contributed by atoms with Crippen LogP contribution in [0.1, 0.15) is 18.1 Å². The molecular formula is C24H23Cl2N3O4S. The molecule has 0 aliphatic heterocycles. The summed E-state index contributed by atoms with van der Waals surface area (Å²) in [6, 6.07) is 19.7. The lowest BCUT2D eigenvalue weighted by molar-refractivity contribution is -0.121. The average Bonchev–Trinajstić information content (AvgIpc) is 2.80. The van der Waals surface area contributed by atoms with Gasteiger partial charge in [-0.25, -0.2) is 13.8 Å². The van der Waals surface area contributed by atoms with E-state index < -0.39 is 22.5 Å². The highest BCUT2D eigenvalue weighted by atomic mass is 35.5. The zero-order valence-corrected chi connectivity index (χ0v) is 20.6. The Labute approximate surface area is 209 Å². The Kier molecular flexibility index (Phi) is 9.06. The number of hydrogen-bond donors (Lipinski definition) is 1. The van der Waals surface area contributed by atoms with Crippen LogP contribution in [-0.4, -0.2) is 38.0 Å². The molecule has 0 unspecified atom stereocenters. The Balaban J connectivity index is 1.74. The Hall–Kier alpha value is -2.91. The van der Waals surface area contributed by atoms with Gasteiger partial charge in [0.2, 0.25) is 10.0 Å². The van der Waals surface area contributed by atoms with E-state index in [1.165, 1.54) is 30.5 Å². The molecule has 0 aliphatic carbocycles. The van der Waals surface area contributed by atoms with Crippen molar-refractivity contribution in [2.75, 3.05) is 13.2 Å². The predicted octanol–water partition coefficient (Wildman–Crippen LogP) is 4.73. The maximum atomic E-state index is 13.3. The first kappa shape index (κ1) is 25.7. The molecule has 3 rings (SSSR count). The SMILES string of the molecule is CCOc1ccc(/C=N\NC(=O)CN(Cc2cccc(Cl)c2)S(=O)(=O)c2ccc(Cl)cc2)cc1. The van der Waals surface area contributed by atoms with Crippen LogP contribution in [-0.2, 0) is 21.4 Å². The first-order valence-corrected chi connectivity index (χ1v) is 12.5. The number of hydrazone groups is 1. The third-order valence-corrected chi connectivity index (χ3v) is 6.91. The number of ether oxygens (including phenoxy) is 1. The molecule has 1 N–H and O–H groups in total. The van der Waals surface area contributed by atoms with Crippen molar-refractivity contribution in [1.29, 1.82) is 0 Å². The summed E-state index contributed by atoms with van der Waals surface area (Å²) in [5, 5.41) is 4.80. The van der Waals surface area contributed by atoms with Gasteiger partial charge >= 0.3 is 0 Å². The molecule has 1 amide bonds. The van der Waals surface area contributed by atoms with Gasteiger partial charge in [-0.3, -0.25) is 4.79 Å². The Morgan fingerprint density at radius 1 is 1.03 bits per heavy atom. The summed E-state index contributed by atoms with van der Waals surface area (Å²) >= 11 is 11.9. The van der Waals surface area contributed by atoms with Gasteiger partial charge in [0, 0.05) is 16.6 Å². The molecule has 10 heteroatoms. The molecule has 0 aliphatic rings. The maximum absolute atomic E-state index is 13.3. The van der Waals surface area contributed by atoms with E-state index >= 15 is 0 Å². The van der Waals surface area contributed by atoms with Crippen LogP contribution in [0, 0.1) is 0 Å². The van der Waals surface area contributed by atoms with Crippen molar-refractivity contribution in [2.45, 2.75) is 18.4 Å². The number of carbonyl (C=O) groups excluding carboxylic acids is 1. The van der Waals surface area contributed by atoms with E-state index in [1.807, 2.05) is 6.92 Å². The number of nitrogens with one attached hydrogen (secondary N) is 1. The van der Waals surface area contributed by atoms with Crippen molar-refractivity contribution in [3.63, 3.8) is 0 Å². The third-order valence-electron chi connectivity index (χ3n) is 4.61. The number of benzene rings is 3. The predicted molar refractivity (Wildman–Crippen MR) is 134 cm³/mol. The summed E-state index contributed by atoms with van der Waals surface area (Å²) in [6.45, 7) is 1.96. The molecule has 34 heavy (non-hydrogen) atoms. The van der Waals surface area contributed by atoms with Crippen LogP contribution in [0.4, 0.5) is 0 Å². The fourth-order valence-electron chi connectivity index (χ4n) is 3.01. The summed E-state index contributed by atoms with van der Waals surface area (Å²) < 4.78 is 33.0. The Morgan fingerprint density at radius 3 is 2.38 bits per heavy atom. The number of sulfonamides is 1. The minimum atomic E-state index is -4.01. The lowest BCUT2D eigenvalue weighted by Crippen LogP contribution is -2.39. The molecular weight excluding hydrogens is 497 g/mol. The molecule has 3 aromatic rings. The van der Waals surface area contributed by atoms with E-state index in [2.05, 4.69) is 10.5 Å². The highest BCUT2D eigenvalue weighted by molar-refractivity contribution is 7.89. The van der Waals surface area contributed by atoms with Gasteiger partial charge in [-0.2, -0.15) is 9.41 Å². The molecule has 178 valence electrons. The summed E-state index contributed by atoms with van der Waals surface area (Å²) in [4.78, 5) is 12.6. The first-order chi connectivity index (χ1) is 16.3. The highest BCUT2D eigenvalue weighted by Gasteiger charge is 2.27. The van der Waals surface area contributed by atoms with Crippen molar-refractivity contribution >= 4 is 45.3 Å². The van der Waals surface area contributed by atoms with Gasteiger partial charge in [-0.1, -0.05) is 35.3 Å². The lowest BCUT2D eigenvalue weighted by Gasteiger charge is -2.21. The minimum Gasteiger partial charge on any atom is -0.494 e. The summed E-state index contributed by atoms with van der Waals surface area (Å²) in [6.07, 6.45) is 1.46. The second kappa shape index (κ2) is 12.0. The fourth-order valence-corrected chi connectivity index (χ4v) is 4.73. The Bertz CT molecular complexity index is 1250. The van der Waals surface area contributed by atoms with Gasteiger partial charge in [-0.05, 0) is 78.7 Å². The molecule has 0 aromatic heterocycles. The van der Waals surface area contributed by atoms with E-state index in [-0.39, 0.29) is 11.4 Å². The number of halogens is 2. The van der Waals surface area contributed by atoms with Crippen LogP contribution < -0.4 is 10.2 Å². The standard InChI is InChI=1S/C24H23Cl2N3O4S/c1-2-33-22-10-6-18(7-11-22)15-27-28-24(30)17-29(16-19-4-3-5-21(26)14-19)34(31,32)23-12-8-20(25)9-13-23/h3-15H,2,16-17H2,1H3,(H,28,30)/b27-15-. The molecule has 0 radical (unpaired) electrons. The van der Waals surface area contributed by atoms with Crippen molar-refractivity contribution in [3.8, 4) is 5.75 Å². The molecule has 0 atom stereocenters. The summed E-state index contributed by atoms with van der Waals surface area (Å²) in [5.74, 6) is 0.134. The topological polar surface area (TPSA) is 88.1 Å². The van der Waals surface area contributed by atoms with Gasteiger partial charge in [0.05, 0.1) is 24.3 Å². The second-order valence-electron chi connectivity index (χ2n) is 7.15. The van der Waals surface area contributed by atoms with Crippen molar-refractivity contribution in [3.05, 3.63) is 94.0 Å². The molecule has 7 nitrogen and oxygen atoms in total. The van der Waals surface area contributed by atoms with Crippen molar-refractivity contribution in [1.82, 2.24) is 9.73 Å². The van der Waals surface area contributed by atoms with E-state index in [9.17, 15) is 13.2 Å². The van der Waals surface area contributed by atoms with Gasteiger partial charge in [0.1, 0.15) is 5.75 Å². The molecule has 0 heterocycles. The zero-order chi connectivity index (χ0) is 24.6. The second-order valence-corrected chi connectivity index (χ2v) is 9.96. The summed E-state index contributed by atoms with van der Waals surface area (Å²) in [5.41, 5.74) is 3.76. The van der Waals surface area contributed by atoms with Crippen LogP contribution in [0.25, 0.3) is 0 Å². The average molecular weight is 520 g/mol. The smallest absolute Gasteiger partial charge is 0.255 e. The van der Waals surface area contributed by atoms with Gasteiger partial charge < -0.3 is 4.74 Å². The molecule has 3 aromatic carbocycles. The van der Waals surface area contributed by atoms with E-state index in [1.54, 1.807) is 48.5 Å². The first-order valence-electron chi connectivity index (χ1n) is 10.3. The van der Waals surface area contributed by atoms with Crippen molar-refractivity contribution < 1.29 is 17.9 Å². The zero-order valence-electron chi connectivity index (χ0n) is 18.3. The molecule has 0 fully saturated rings. The quantitative estimate of drug-likeness (QED) is 0.309. The van der Waals surface area contributed by atoms with E-state index in [4.69, 9.17) is 27.9 Å². The number of hydrogen-bond acceptors (Lipinski definition) is 5. The molecule has 0 saturated heterocycles. The van der Waals surface area contributed by atoms with Crippen LogP contribution in [0.2, 0.25) is 10.0 Å². The van der Waals surface area contributed by atoms with Gasteiger partial charge in [-0.15, -0.1) is 0 Å². The minimum absolute atomic E-state index is 0.0182. The van der Waals surface area contributed by atoms with E-state index in [0.717, 1.165) is 15.6 Å². The lowest BCUT2D eigenvalue weighted by atomic mass is 10.2. The normalized spacial score (nSPS) is 11.6. The Morgan fingerprint density at radius 2 is 1.74 bits per heavy atom. The fraction of sp³-hybridized carbons (Fsp3) is 0.167. The monoisotopic (exact) mass is 519 g/mol.